The first-order valence-corrected chi connectivity index (χ1v) is 14.0. The number of carbonyl (C=O) groups is 1. The first-order valence-electron chi connectivity index (χ1n) is 11.5. The highest BCUT2D eigenvalue weighted by Gasteiger charge is 2.23. The molecule has 0 fully saturated rings. The number of anilines is 2. The number of benzene rings is 1. The molecular weight excluding hydrogens is 573 g/mol. The third-order valence-corrected chi connectivity index (χ3v) is 8.64. The lowest BCUT2D eigenvalue weighted by atomic mass is 10.2. The van der Waals surface area contributed by atoms with E-state index in [1.165, 1.54) is 31.2 Å². The number of aromatic nitrogens is 2. The van der Waals surface area contributed by atoms with Crippen molar-refractivity contribution in [3.8, 4) is 5.75 Å². The smallest absolute Gasteiger partial charge is 0.258 e. The number of halogens is 3. The lowest BCUT2D eigenvalue weighted by Gasteiger charge is -2.17. The van der Waals surface area contributed by atoms with E-state index in [-0.39, 0.29) is 10.9 Å². The van der Waals surface area contributed by atoms with E-state index in [1.54, 1.807) is 5.38 Å². The molecule has 0 unspecified atom stereocenters. The van der Waals surface area contributed by atoms with Crippen molar-refractivity contribution in [3.63, 3.8) is 0 Å². The van der Waals surface area contributed by atoms with Gasteiger partial charge >= 0.3 is 0 Å². The largest absolute Gasteiger partial charge is 0.494 e. The number of carbonyl (C=O) groups excluding carboxylic acids is 1. The summed E-state index contributed by atoms with van der Waals surface area (Å²) >= 11 is 17.8. The van der Waals surface area contributed by atoms with Gasteiger partial charge in [-0.1, -0.05) is 43.5 Å². The molecule has 0 aliphatic heterocycles. The van der Waals surface area contributed by atoms with Crippen LogP contribution in [-0.4, -0.2) is 54.1 Å². The normalized spacial score (nSPS) is 11.3. The van der Waals surface area contributed by atoms with Gasteiger partial charge in [0.2, 0.25) is 0 Å². The molecule has 0 radical (unpaired) electrons. The van der Waals surface area contributed by atoms with Crippen LogP contribution in [0.3, 0.4) is 0 Å². The van der Waals surface area contributed by atoms with Crippen LogP contribution in [0.15, 0.2) is 16.2 Å². The number of fused-ring (bicyclic) bond motifs is 1. The number of rotatable bonds is 12. The number of hydrogen-bond acceptors (Lipinski definition) is 7. The number of unbranched alkanes of at least 4 members (excludes halogenated alkanes) is 2. The Hall–Kier alpha value is -1.65. The molecule has 2 aromatic heterocycles. The van der Waals surface area contributed by atoms with Crippen molar-refractivity contribution in [1.29, 1.82) is 0 Å². The van der Waals surface area contributed by atoms with Crippen LogP contribution in [0.25, 0.3) is 10.2 Å². The molecular formula is C24H30BrCl2N5O2S. The minimum Gasteiger partial charge on any atom is -0.494 e. The van der Waals surface area contributed by atoms with Gasteiger partial charge < -0.3 is 20.3 Å². The van der Waals surface area contributed by atoms with Crippen LogP contribution in [0.5, 0.6) is 5.75 Å². The summed E-state index contributed by atoms with van der Waals surface area (Å²) in [7, 11) is 1.51. The molecule has 2 heterocycles. The standard InChI is InChI=1S/C24H30BrCl2N5O2S/c1-5-32(6-2)11-9-7-8-10-28-23-22-19(29-13-30-23)15(12-35-22)24(33)31-20-17(26)14(3)16(25)21(34-4)18(20)27/h12-13H,5-11H2,1-4H3,(H,31,33)(H,28,29,30). The predicted molar refractivity (Wildman–Crippen MR) is 151 cm³/mol. The third-order valence-electron chi connectivity index (χ3n) is 5.88. The average molecular weight is 603 g/mol. The monoisotopic (exact) mass is 601 g/mol. The molecule has 0 aliphatic rings. The van der Waals surface area contributed by atoms with Crippen molar-refractivity contribution < 1.29 is 9.53 Å². The second kappa shape index (κ2) is 13.1. The van der Waals surface area contributed by atoms with Crippen LogP contribution in [-0.2, 0) is 0 Å². The maximum absolute atomic E-state index is 13.2. The maximum atomic E-state index is 13.2. The number of nitrogens with one attached hydrogen (secondary N) is 2. The van der Waals surface area contributed by atoms with E-state index in [4.69, 9.17) is 27.9 Å². The highest BCUT2D eigenvalue weighted by molar-refractivity contribution is 9.10. The molecule has 35 heavy (non-hydrogen) atoms. The fourth-order valence-electron chi connectivity index (χ4n) is 3.75. The van der Waals surface area contributed by atoms with Gasteiger partial charge in [-0.05, 0) is 60.9 Å². The Labute approximate surface area is 228 Å². The maximum Gasteiger partial charge on any atom is 0.258 e. The van der Waals surface area contributed by atoms with Crippen LogP contribution >= 0.6 is 50.5 Å². The number of thiophene rings is 1. The summed E-state index contributed by atoms with van der Waals surface area (Å²) in [5.74, 6) is 0.787. The summed E-state index contributed by atoms with van der Waals surface area (Å²) in [6.45, 7) is 10.3. The number of nitrogens with zero attached hydrogens (tertiary/aromatic N) is 3. The van der Waals surface area contributed by atoms with E-state index in [1.807, 2.05) is 6.92 Å². The number of amides is 1. The third kappa shape index (κ3) is 6.38. The molecule has 3 aromatic rings. The van der Waals surface area contributed by atoms with Gasteiger partial charge in [-0.15, -0.1) is 11.3 Å². The van der Waals surface area contributed by atoms with Gasteiger partial charge in [-0.3, -0.25) is 4.79 Å². The van der Waals surface area contributed by atoms with Crippen LogP contribution in [0.2, 0.25) is 10.0 Å². The van der Waals surface area contributed by atoms with Gasteiger partial charge in [-0.25, -0.2) is 9.97 Å². The molecule has 0 spiro atoms. The Morgan fingerprint density at radius 1 is 1.17 bits per heavy atom. The van der Waals surface area contributed by atoms with Crippen molar-refractivity contribution in [2.24, 2.45) is 0 Å². The van der Waals surface area contributed by atoms with Gasteiger partial charge in [-0.2, -0.15) is 0 Å². The SMILES string of the molecule is CCN(CC)CCCCCNc1ncnc2c(C(=O)Nc3c(Cl)c(C)c(Br)c(OC)c3Cl)csc12. The minimum absolute atomic E-state index is 0.223. The Morgan fingerprint density at radius 2 is 1.91 bits per heavy atom. The molecule has 3 rings (SSSR count). The van der Waals surface area contributed by atoms with E-state index in [0.717, 1.165) is 49.5 Å². The molecule has 11 heteroatoms. The van der Waals surface area contributed by atoms with E-state index in [2.05, 4.69) is 55.3 Å². The Bertz CT molecular complexity index is 1190. The first kappa shape index (κ1) is 27.9. The molecule has 0 aliphatic carbocycles. The number of hydrogen-bond donors (Lipinski definition) is 2. The van der Waals surface area contributed by atoms with Crippen molar-refractivity contribution in [1.82, 2.24) is 14.9 Å². The van der Waals surface area contributed by atoms with Crippen LogP contribution < -0.4 is 15.4 Å². The first-order chi connectivity index (χ1) is 16.8. The van der Waals surface area contributed by atoms with Crippen molar-refractivity contribution in [2.75, 3.05) is 43.9 Å². The summed E-state index contributed by atoms with van der Waals surface area (Å²) in [6.07, 6.45) is 4.85. The summed E-state index contributed by atoms with van der Waals surface area (Å²) in [5, 5.41) is 8.58. The van der Waals surface area contributed by atoms with Gasteiger partial charge in [0.15, 0.2) is 5.75 Å². The average Bonchev–Trinajstić information content (AvgIpc) is 3.30. The fraction of sp³-hybridized carbons (Fsp3) is 0.458. The van der Waals surface area contributed by atoms with E-state index < -0.39 is 0 Å². The second-order valence-corrected chi connectivity index (χ2v) is 10.4. The molecule has 1 amide bonds. The lowest BCUT2D eigenvalue weighted by molar-refractivity contribution is 0.102. The Balaban J connectivity index is 1.70. The zero-order valence-corrected chi connectivity index (χ0v) is 24.2. The van der Waals surface area contributed by atoms with Crippen LogP contribution in [0.1, 0.15) is 49.0 Å². The quantitative estimate of drug-likeness (QED) is 0.212. The number of ether oxygens (including phenoxy) is 1. The van der Waals surface area contributed by atoms with Crippen molar-refractivity contribution in [2.45, 2.75) is 40.0 Å². The Morgan fingerprint density at radius 3 is 2.60 bits per heavy atom. The van der Waals surface area contributed by atoms with E-state index in [9.17, 15) is 4.79 Å². The van der Waals surface area contributed by atoms with Crippen LogP contribution in [0, 0.1) is 6.92 Å². The molecule has 1 aromatic carbocycles. The highest BCUT2D eigenvalue weighted by Crippen LogP contribution is 2.46. The molecule has 0 saturated carbocycles. The zero-order chi connectivity index (χ0) is 25.5. The molecule has 2 N–H and O–H groups in total. The topological polar surface area (TPSA) is 79.4 Å². The molecule has 190 valence electrons. The van der Waals surface area contributed by atoms with E-state index >= 15 is 0 Å². The van der Waals surface area contributed by atoms with Gasteiger partial charge in [0, 0.05) is 11.9 Å². The molecule has 0 atom stereocenters. The van der Waals surface area contributed by atoms with Crippen LogP contribution in [0.4, 0.5) is 11.5 Å². The lowest BCUT2D eigenvalue weighted by Crippen LogP contribution is -2.23. The fourth-order valence-corrected chi connectivity index (χ4v) is 6.10. The van der Waals surface area contributed by atoms with Gasteiger partial charge in [0.05, 0.1) is 38.1 Å². The molecule has 0 bridgehead atoms. The van der Waals surface area contributed by atoms with Crippen molar-refractivity contribution >= 4 is 78.1 Å². The summed E-state index contributed by atoms with van der Waals surface area (Å²) in [4.78, 5) is 24.4. The highest BCUT2D eigenvalue weighted by atomic mass is 79.9. The summed E-state index contributed by atoms with van der Waals surface area (Å²) in [5.41, 5.74) is 2.03. The van der Waals surface area contributed by atoms with Gasteiger partial charge in [0.1, 0.15) is 17.2 Å². The predicted octanol–water partition coefficient (Wildman–Crippen LogP) is 7.25. The molecule has 7 nitrogen and oxygen atoms in total. The minimum atomic E-state index is -0.357. The number of methoxy groups -OCH3 is 1. The van der Waals surface area contributed by atoms with E-state index in [0.29, 0.717) is 37.6 Å². The van der Waals surface area contributed by atoms with Gasteiger partial charge in [0.25, 0.3) is 5.91 Å². The summed E-state index contributed by atoms with van der Waals surface area (Å²) in [6, 6.07) is 0. The second-order valence-electron chi connectivity index (χ2n) is 7.99. The zero-order valence-electron chi connectivity index (χ0n) is 20.3. The summed E-state index contributed by atoms with van der Waals surface area (Å²) < 4.78 is 6.86. The Kier molecular flexibility index (Phi) is 10.4. The van der Waals surface area contributed by atoms with Crippen molar-refractivity contribution in [3.05, 3.63) is 37.4 Å². The molecule has 0 saturated heterocycles.